The summed E-state index contributed by atoms with van der Waals surface area (Å²) in [6.07, 6.45) is 0. The summed E-state index contributed by atoms with van der Waals surface area (Å²) in [7, 11) is 0. The number of benzene rings is 2. The van der Waals surface area contributed by atoms with Gasteiger partial charge in [-0.1, -0.05) is 12.1 Å². The van der Waals surface area contributed by atoms with Gasteiger partial charge in [-0.25, -0.2) is 4.68 Å². The minimum Gasteiger partial charge on any atom is -0.488 e. The van der Waals surface area contributed by atoms with Crippen molar-refractivity contribution in [1.82, 2.24) is 9.78 Å². The van der Waals surface area contributed by atoms with Gasteiger partial charge in [-0.2, -0.15) is 5.10 Å². The number of aromatic nitrogens is 2. The molecule has 21 heavy (non-hydrogen) atoms. The molecule has 0 atom stereocenters. The van der Waals surface area contributed by atoms with Crippen molar-refractivity contribution in [2.45, 2.75) is 13.5 Å². The van der Waals surface area contributed by atoms with Gasteiger partial charge in [0.15, 0.2) is 0 Å². The first-order valence-electron chi connectivity index (χ1n) is 6.90. The van der Waals surface area contributed by atoms with Crippen LogP contribution in [0.4, 0.5) is 5.69 Å². The number of hydrogen-bond acceptors (Lipinski definition) is 3. The molecule has 4 rings (SSSR count). The lowest BCUT2D eigenvalue weighted by Gasteiger charge is -2.19. The molecule has 4 heteroatoms. The van der Waals surface area contributed by atoms with Crippen LogP contribution in [-0.4, -0.2) is 9.78 Å². The summed E-state index contributed by atoms with van der Waals surface area (Å²) in [4.78, 5) is 0. The van der Waals surface area contributed by atoms with Crippen molar-refractivity contribution in [2.75, 3.05) is 5.73 Å². The molecular weight excluding hydrogens is 262 g/mol. The van der Waals surface area contributed by atoms with Crippen LogP contribution < -0.4 is 10.5 Å². The van der Waals surface area contributed by atoms with Gasteiger partial charge >= 0.3 is 0 Å². The number of para-hydroxylation sites is 1. The maximum absolute atomic E-state index is 5.83. The van der Waals surface area contributed by atoms with Crippen LogP contribution in [0, 0.1) is 6.92 Å². The summed E-state index contributed by atoms with van der Waals surface area (Å²) >= 11 is 0. The van der Waals surface area contributed by atoms with Gasteiger partial charge in [-0.15, -0.1) is 0 Å². The highest BCUT2D eigenvalue weighted by Crippen LogP contribution is 2.39. The topological polar surface area (TPSA) is 53.1 Å². The molecule has 2 aromatic carbocycles. The van der Waals surface area contributed by atoms with Gasteiger partial charge in [0.2, 0.25) is 0 Å². The van der Waals surface area contributed by atoms with E-state index in [1.807, 2.05) is 54.1 Å². The summed E-state index contributed by atoms with van der Waals surface area (Å²) < 4.78 is 7.80. The summed E-state index contributed by atoms with van der Waals surface area (Å²) in [6, 6.07) is 15.8. The number of anilines is 1. The second-order valence-corrected chi connectivity index (χ2v) is 5.20. The first-order chi connectivity index (χ1) is 10.2. The van der Waals surface area contributed by atoms with E-state index >= 15 is 0 Å². The van der Waals surface area contributed by atoms with Gasteiger partial charge < -0.3 is 10.5 Å². The van der Waals surface area contributed by atoms with Crippen LogP contribution in [0.25, 0.3) is 16.9 Å². The highest BCUT2D eigenvalue weighted by molar-refractivity contribution is 5.74. The number of nitrogens with zero attached hydrogens (tertiary/aromatic N) is 2. The number of fused-ring (bicyclic) bond motifs is 3. The van der Waals surface area contributed by atoms with Gasteiger partial charge in [0.25, 0.3) is 0 Å². The Morgan fingerprint density at radius 1 is 1.10 bits per heavy atom. The van der Waals surface area contributed by atoms with E-state index in [1.54, 1.807) is 0 Å². The third-order valence-electron chi connectivity index (χ3n) is 3.84. The fraction of sp³-hybridized carbons (Fsp3) is 0.118. The smallest absolute Gasteiger partial charge is 0.129 e. The van der Waals surface area contributed by atoms with Crippen LogP contribution in [0.5, 0.6) is 5.75 Å². The zero-order chi connectivity index (χ0) is 14.4. The Balaban J connectivity index is 1.98. The Labute approximate surface area is 122 Å². The molecule has 104 valence electrons. The van der Waals surface area contributed by atoms with Crippen molar-refractivity contribution >= 4 is 5.69 Å². The van der Waals surface area contributed by atoms with Crippen molar-refractivity contribution in [3.8, 4) is 22.7 Å². The van der Waals surface area contributed by atoms with E-state index in [1.165, 1.54) is 0 Å². The number of hydrogen-bond donors (Lipinski definition) is 1. The lowest BCUT2D eigenvalue weighted by Crippen LogP contribution is -2.07. The standard InChI is InChI=1S/C17H15N3O/c1-11-15-10-21-16-5-3-2-4-14(16)17(15)20(19-11)13-8-6-12(18)7-9-13/h2-9H,10,18H2,1H3. The average molecular weight is 277 g/mol. The summed E-state index contributed by atoms with van der Waals surface area (Å²) in [6.45, 7) is 2.58. The number of nitrogens with two attached hydrogens (primary N) is 1. The molecule has 0 spiro atoms. The number of rotatable bonds is 1. The van der Waals surface area contributed by atoms with E-state index in [2.05, 4.69) is 11.2 Å². The molecule has 2 N–H and O–H groups in total. The molecule has 0 radical (unpaired) electrons. The van der Waals surface area contributed by atoms with E-state index in [-0.39, 0.29) is 0 Å². The first kappa shape index (κ1) is 12.0. The summed E-state index contributed by atoms with van der Waals surface area (Å²) in [5.74, 6) is 0.904. The molecule has 1 aromatic heterocycles. The third-order valence-corrected chi connectivity index (χ3v) is 3.84. The van der Waals surface area contributed by atoms with Crippen molar-refractivity contribution in [1.29, 1.82) is 0 Å². The normalized spacial score (nSPS) is 12.4. The maximum atomic E-state index is 5.83. The Hall–Kier alpha value is -2.75. The molecule has 2 heterocycles. The van der Waals surface area contributed by atoms with Gasteiger partial charge in [0.1, 0.15) is 12.4 Å². The van der Waals surface area contributed by atoms with Gasteiger partial charge in [0, 0.05) is 16.8 Å². The molecule has 1 aliphatic heterocycles. The predicted molar refractivity (Wildman–Crippen MR) is 82.5 cm³/mol. The van der Waals surface area contributed by atoms with Crippen molar-refractivity contribution < 1.29 is 4.74 Å². The Kier molecular flexibility index (Phi) is 2.51. The number of nitrogen functional groups attached to an aromatic ring is 1. The molecule has 3 aromatic rings. The summed E-state index contributed by atoms with van der Waals surface area (Å²) in [5, 5.41) is 4.69. The van der Waals surface area contributed by atoms with Gasteiger partial charge in [0.05, 0.1) is 17.1 Å². The SMILES string of the molecule is Cc1nn(-c2ccc(N)cc2)c2c1COc1ccccc1-2. The Bertz CT molecular complexity index is 819. The van der Waals surface area contributed by atoms with E-state index in [0.29, 0.717) is 6.61 Å². The molecule has 0 bridgehead atoms. The predicted octanol–water partition coefficient (Wildman–Crippen LogP) is 3.32. The molecule has 0 amide bonds. The highest BCUT2D eigenvalue weighted by Gasteiger charge is 2.24. The third kappa shape index (κ3) is 1.80. The minimum absolute atomic E-state index is 0.563. The molecule has 0 aliphatic carbocycles. The molecule has 0 saturated heterocycles. The van der Waals surface area contributed by atoms with Crippen molar-refractivity contribution in [2.24, 2.45) is 0 Å². The monoisotopic (exact) mass is 277 g/mol. The quantitative estimate of drug-likeness (QED) is 0.694. The van der Waals surface area contributed by atoms with Gasteiger partial charge in [-0.3, -0.25) is 0 Å². The molecule has 4 nitrogen and oxygen atoms in total. The molecule has 0 fully saturated rings. The van der Waals surface area contributed by atoms with E-state index in [0.717, 1.165) is 39.6 Å². The minimum atomic E-state index is 0.563. The van der Waals surface area contributed by atoms with Crippen LogP contribution in [0.2, 0.25) is 0 Å². The Morgan fingerprint density at radius 2 is 1.86 bits per heavy atom. The molecule has 0 unspecified atom stereocenters. The molecule has 0 saturated carbocycles. The van der Waals surface area contributed by atoms with Crippen LogP contribution in [0.15, 0.2) is 48.5 Å². The molecule has 1 aliphatic rings. The fourth-order valence-corrected chi connectivity index (χ4v) is 2.75. The van der Waals surface area contributed by atoms with Crippen molar-refractivity contribution in [3.63, 3.8) is 0 Å². The zero-order valence-electron chi connectivity index (χ0n) is 11.7. The lowest BCUT2D eigenvalue weighted by atomic mass is 10.0. The van der Waals surface area contributed by atoms with Crippen LogP contribution in [0.1, 0.15) is 11.3 Å². The average Bonchev–Trinajstić information content (AvgIpc) is 2.86. The highest BCUT2D eigenvalue weighted by atomic mass is 16.5. The largest absolute Gasteiger partial charge is 0.488 e. The maximum Gasteiger partial charge on any atom is 0.129 e. The van der Waals surface area contributed by atoms with E-state index in [9.17, 15) is 0 Å². The first-order valence-corrected chi connectivity index (χ1v) is 6.90. The Morgan fingerprint density at radius 3 is 2.67 bits per heavy atom. The van der Waals surface area contributed by atoms with Crippen LogP contribution in [-0.2, 0) is 6.61 Å². The lowest BCUT2D eigenvalue weighted by molar-refractivity contribution is 0.301. The van der Waals surface area contributed by atoms with Gasteiger partial charge in [-0.05, 0) is 43.3 Å². The second-order valence-electron chi connectivity index (χ2n) is 5.20. The number of aryl methyl sites for hydroxylation is 1. The van der Waals surface area contributed by atoms with Crippen molar-refractivity contribution in [3.05, 3.63) is 59.8 Å². The van der Waals surface area contributed by atoms with E-state index in [4.69, 9.17) is 10.5 Å². The fourth-order valence-electron chi connectivity index (χ4n) is 2.75. The second kappa shape index (κ2) is 4.38. The van der Waals surface area contributed by atoms with Crippen LogP contribution >= 0.6 is 0 Å². The van der Waals surface area contributed by atoms with Crippen LogP contribution in [0.3, 0.4) is 0 Å². The number of ether oxygens (including phenoxy) is 1. The van der Waals surface area contributed by atoms with E-state index < -0.39 is 0 Å². The summed E-state index contributed by atoms with van der Waals surface area (Å²) in [5.41, 5.74) is 11.9. The zero-order valence-corrected chi connectivity index (χ0v) is 11.7. The molecular formula is C17H15N3O.